The number of nitrogens with one attached hydrogen (secondary N) is 1. The predicted molar refractivity (Wildman–Crippen MR) is 83.6 cm³/mol. The van der Waals surface area contributed by atoms with E-state index in [1.807, 2.05) is 0 Å². The van der Waals surface area contributed by atoms with Crippen molar-refractivity contribution in [3.05, 3.63) is 40.4 Å². The van der Waals surface area contributed by atoms with Crippen LogP contribution in [0.1, 0.15) is 43.7 Å². The predicted octanol–water partition coefficient (Wildman–Crippen LogP) is 4.71. The van der Waals surface area contributed by atoms with E-state index in [2.05, 4.69) is 31.1 Å². The molecule has 0 spiro atoms. The largest absolute Gasteiger partial charge is 0.312 e. The maximum Gasteiger partial charge on any atom is 0.159 e. The zero-order valence-electron chi connectivity index (χ0n) is 12.5. The normalized spacial score (nSPS) is 11.3. The molecule has 0 aliphatic rings. The smallest absolute Gasteiger partial charge is 0.159 e. The third-order valence-electron chi connectivity index (χ3n) is 3.15. The Labute approximate surface area is 128 Å². The molecule has 2 aromatic rings. The molecule has 0 saturated heterocycles. The zero-order valence-corrected chi connectivity index (χ0v) is 13.4. The van der Waals surface area contributed by atoms with Crippen LogP contribution in [-0.4, -0.2) is 11.5 Å². The van der Waals surface area contributed by atoms with E-state index in [-0.39, 0.29) is 0 Å². The van der Waals surface area contributed by atoms with E-state index < -0.39 is 11.6 Å². The van der Waals surface area contributed by atoms with Gasteiger partial charge in [0.15, 0.2) is 11.6 Å². The van der Waals surface area contributed by atoms with Crippen molar-refractivity contribution in [2.45, 2.75) is 39.7 Å². The summed E-state index contributed by atoms with van der Waals surface area (Å²) in [5, 5.41) is 4.11. The maximum absolute atomic E-state index is 13.4. The lowest BCUT2D eigenvalue weighted by molar-refractivity contribution is 0.509. The average Bonchev–Trinajstić information content (AvgIpc) is 2.86. The first kappa shape index (κ1) is 16.0. The minimum atomic E-state index is -0.834. The molecule has 5 heteroatoms. The Morgan fingerprint density at radius 1 is 1.24 bits per heavy atom. The Morgan fingerprint density at radius 3 is 2.62 bits per heavy atom. The van der Waals surface area contributed by atoms with Crippen LogP contribution in [0.2, 0.25) is 0 Å². The van der Waals surface area contributed by atoms with Crippen LogP contribution < -0.4 is 5.32 Å². The lowest BCUT2D eigenvalue weighted by Gasteiger charge is -2.05. The zero-order chi connectivity index (χ0) is 15.4. The third kappa shape index (κ3) is 3.86. The van der Waals surface area contributed by atoms with Crippen molar-refractivity contribution in [2.24, 2.45) is 0 Å². The maximum atomic E-state index is 13.4. The molecule has 0 unspecified atom stereocenters. The molecule has 114 valence electrons. The molecule has 21 heavy (non-hydrogen) atoms. The van der Waals surface area contributed by atoms with E-state index in [9.17, 15) is 8.78 Å². The van der Waals surface area contributed by atoms with Gasteiger partial charge in [-0.1, -0.05) is 20.8 Å². The number of benzene rings is 1. The van der Waals surface area contributed by atoms with Gasteiger partial charge >= 0.3 is 0 Å². The molecule has 0 radical (unpaired) electrons. The van der Waals surface area contributed by atoms with Crippen molar-refractivity contribution in [1.29, 1.82) is 0 Å². The van der Waals surface area contributed by atoms with Gasteiger partial charge in [0, 0.05) is 17.0 Å². The summed E-state index contributed by atoms with van der Waals surface area (Å²) in [7, 11) is 0. The Kier molecular flexibility index (Phi) is 5.42. The van der Waals surface area contributed by atoms with Gasteiger partial charge in [-0.2, -0.15) is 0 Å². The van der Waals surface area contributed by atoms with Crippen LogP contribution in [0.4, 0.5) is 8.78 Å². The highest BCUT2D eigenvalue weighted by molar-refractivity contribution is 7.15. The fourth-order valence-corrected chi connectivity index (χ4v) is 3.25. The van der Waals surface area contributed by atoms with E-state index >= 15 is 0 Å². The molecule has 0 aliphatic carbocycles. The number of halogens is 2. The van der Waals surface area contributed by atoms with Gasteiger partial charge in [0.1, 0.15) is 5.01 Å². The topological polar surface area (TPSA) is 24.9 Å². The molecule has 2 nitrogen and oxygen atoms in total. The Balaban J connectivity index is 2.31. The monoisotopic (exact) mass is 310 g/mol. The van der Waals surface area contributed by atoms with E-state index in [0.29, 0.717) is 11.5 Å². The number of hydrogen-bond acceptors (Lipinski definition) is 3. The van der Waals surface area contributed by atoms with Crippen LogP contribution in [0.25, 0.3) is 10.6 Å². The number of rotatable bonds is 6. The summed E-state index contributed by atoms with van der Waals surface area (Å²) < 4.78 is 26.4. The minimum Gasteiger partial charge on any atom is -0.312 e. The summed E-state index contributed by atoms with van der Waals surface area (Å²) in [6.07, 6.45) is 1.08. The molecule has 0 amide bonds. The molecule has 1 heterocycles. The van der Waals surface area contributed by atoms with Crippen LogP contribution in [-0.2, 0) is 6.54 Å². The molecule has 1 aromatic heterocycles. The van der Waals surface area contributed by atoms with Gasteiger partial charge in [-0.05, 0) is 37.1 Å². The number of aromatic nitrogens is 1. The highest BCUT2D eigenvalue weighted by Gasteiger charge is 2.16. The molecule has 2 rings (SSSR count). The van der Waals surface area contributed by atoms with E-state index in [1.165, 1.54) is 6.07 Å². The molecular weight excluding hydrogens is 290 g/mol. The molecule has 0 bridgehead atoms. The quantitative estimate of drug-likeness (QED) is 0.782. The Morgan fingerprint density at radius 2 is 2.00 bits per heavy atom. The highest BCUT2D eigenvalue weighted by atomic mass is 32.1. The first-order valence-corrected chi connectivity index (χ1v) is 8.00. The summed E-state index contributed by atoms with van der Waals surface area (Å²) in [6, 6.07) is 3.93. The fraction of sp³-hybridized carbons (Fsp3) is 0.438. The van der Waals surface area contributed by atoms with E-state index in [1.54, 1.807) is 17.4 Å². The van der Waals surface area contributed by atoms with Crippen molar-refractivity contribution in [1.82, 2.24) is 10.3 Å². The lowest BCUT2D eigenvalue weighted by atomic mass is 10.1. The summed E-state index contributed by atoms with van der Waals surface area (Å²) in [5.74, 6) is -1.36. The third-order valence-corrected chi connectivity index (χ3v) is 4.27. The van der Waals surface area contributed by atoms with Crippen molar-refractivity contribution >= 4 is 11.3 Å². The van der Waals surface area contributed by atoms with Crippen LogP contribution in [0.15, 0.2) is 18.2 Å². The summed E-state index contributed by atoms with van der Waals surface area (Å²) in [6.45, 7) is 8.02. The second kappa shape index (κ2) is 7.09. The highest BCUT2D eigenvalue weighted by Crippen LogP contribution is 2.32. The first-order chi connectivity index (χ1) is 10.0. The first-order valence-electron chi connectivity index (χ1n) is 7.18. The van der Waals surface area contributed by atoms with Gasteiger partial charge in [-0.25, -0.2) is 13.8 Å². The fourth-order valence-electron chi connectivity index (χ4n) is 2.07. The van der Waals surface area contributed by atoms with Gasteiger partial charge in [-0.15, -0.1) is 11.3 Å². The standard InChI is InChI=1S/C16H20F2N2S/c1-4-7-19-9-14-15(10(2)3)20-16(21-14)11-5-6-12(17)13(18)8-11/h5-6,8,10,19H,4,7,9H2,1-3H3. The molecule has 1 N–H and O–H groups in total. The van der Waals surface area contributed by atoms with Gasteiger partial charge < -0.3 is 5.32 Å². The van der Waals surface area contributed by atoms with Crippen LogP contribution >= 0.6 is 11.3 Å². The summed E-state index contributed by atoms with van der Waals surface area (Å²) >= 11 is 1.54. The second-order valence-corrected chi connectivity index (χ2v) is 6.37. The van der Waals surface area contributed by atoms with Gasteiger partial charge in [0.2, 0.25) is 0 Å². The van der Waals surface area contributed by atoms with Crippen molar-refractivity contribution in [3.8, 4) is 10.6 Å². The van der Waals surface area contributed by atoms with E-state index in [0.717, 1.165) is 41.2 Å². The average molecular weight is 310 g/mol. The van der Waals surface area contributed by atoms with Crippen molar-refractivity contribution in [3.63, 3.8) is 0 Å². The summed E-state index contributed by atoms with van der Waals surface area (Å²) in [4.78, 5) is 5.78. The number of hydrogen-bond donors (Lipinski definition) is 1. The van der Waals surface area contributed by atoms with Crippen LogP contribution in [0.3, 0.4) is 0 Å². The van der Waals surface area contributed by atoms with Crippen molar-refractivity contribution in [2.75, 3.05) is 6.54 Å². The Hall–Kier alpha value is -1.33. The molecule has 0 aliphatic heterocycles. The molecule has 0 atom stereocenters. The van der Waals surface area contributed by atoms with Crippen LogP contribution in [0, 0.1) is 11.6 Å². The van der Waals surface area contributed by atoms with Crippen LogP contribution in [0.5, 0.6) is 0 Å². The van der Waals surface area contributed by atoms with Gasteiger partial charge in [0.05, 0.1) is 5.69 Å². The van der Waals surface area contributed by atoms with Gasteiger partial charge in [0.25, 0.3) is 0 Å². The van der Waals surface area contributed by atoms with Gasteiger partial charge in [-0.3, -0.25) is 0 Å². The molecular formula is C16H20F2N2S. The molecule has 1 aromatic carbocycles. The molecule has 0 saturated carbocycles. The summed E-state index contributed by atoms with van der Waals surface area (Å²) in [5.41, 5.74) is 1.66. The Bertz CT molecular complexity index is 608. The lowest BCUT2D eigenvalue weighted by Crippen LogP contribution is -2.14. The SMILES string of the molecule is CCCNCc1sc(-c2ccc(F)c(F)c2)nc1C(C)C. The molecule has 0 fully saturated rings. The van der Waals surface area contributed by atoms with Crippen molar-refractivity contribution < 1.29 is 8.78 Å². The van der Waals surface area contributed by atoms with E-state index in [4.69, 9.17) is 0 Å². The number of nitrogens with zero attached hydrogens (tertiary/aromatic N) is 1. The number of thiazole rings is 1. The minimum absolute atomic E-state index is 0.304. The second-order valence-electron chi connectivity index (χ2n) is 5.29.